The molecule has 2 fully saturated rings. The quantitative estimate of drug-likeness (QED) is 0.0588. The molecule has 47 heavy (non-hydrogen) atoms. The van der Waals surface area contributed by atoms with Crippen molar-refractivity contribution in [2.75, 3.05) is 13.1 Å². The average molecular weight is 724 g/mol. The van der Waals surface area contributed by atoms with Crippen LogP contribution in [0.25, 0.3) is 0 Å². The van der Waals surface area contributed by atoms with Crippen molar-refractivity contribution >= 4 is 57.3 Å². The number of aliphatic hydroxyl groups is 1. The summed E-state index contributed by atoms with van der Waals surface area (Å²) in [5.41, 5.74) is 11.1. The molecule has 7 atom stereocenters. The monoisotopic (exact) mass is 722 g/mol. The number of aliphatic hydroxyl groups excluding tert-OH is 1. The van der Waals surface area contributed by atoms with Gasteiger partial charge in [0.05, 0.1) is 16.1 Å². The number of benzene rings is 1. The van der Waals surface area contributed by atoms with Gasteiger partial charge in [-0.05, 0) is 68.1 Å². The van der Waals surface area contributed by atoms with Crippen LogP contribution in [0.1, 0.15) is 64.4 Å². The van der Waals surface area contributed by atoms with E-state index in [4.69, 9.17) is 38.9 Å². The zero-order valence-electron chi connectivity index (χ0n) is 26.3. The van der Waals surface area contributed by atoms with Crippen molar-refractivity contribution < 1.29 is 41.8 Å². The Labute approximate surface area is 284 Å². The Hall–Kier alpha value is -2.89. The van der Waals surface area contributed by atoms with Crippen molar-refractivity contribution in [2.45, 2.75) is 95.5 Å². The van der Waals surface area contributed by atoms with Gasteiger partial charge in [-0.3, -0.25) is 23.9 Å². The number of phenols is 1. The van der Waals surface area contributed by atoms with Crippen molar-refractivity contribution in [3.63, 3.8) is 0 Å². The van der Waals surface area contributed by atoms with Gasteiger partial charge in [-0.15, -0.1) is 0 Å². The zero-order chi connectivity index (χ0) is 35.1. The number of aliphatic imine (C=N–C) groups is 1. The van der Waals surface area contributed by atoms with E-state index in [1.807, 2.05) is 6.92 Å². The number of likely N-dealkylation sites (tertiary alicyclic amines) is 1. The van der Waals surface area contributed by atoms with E-state index in [1.54, 1.807) is 6.92 Å². The van der Waals surface area contributed by atoms with Gasteiger partial charge in [0.2, 0.25) is 17.7 Å². The summed E-state index contributed by atoms with van der Waals surface area (Å²) < 4.78 is 37.1. The second kappa shape index (κ2) is 17.0. The number of aromatic hydroxyl groups is 1. The summed E-state index contributed by atoms with van der Waals surface area (Å²) in [6.45, 7) is 4.26. The molecule has 2 aliphatic rings. The van der Waals surface area contributed by atoms with Crippen LogP contribution in [0.4, 0.5) is 0 Å². The molecule has 0 aromatic heterocycles. The topological polar surface area (TPSA) is 247 Å². The molecule has 1 saturated heterocycles. The number of nitrogens with one attached hydrogen (secondary N) is 2. The molecule has 0 unspecified atom stereocenters. The first kappa shape index (κ1) is 38.6. The van der Waals surface area contributed by atoms with Crippen molar-refractivity contribution in [1.29, 1.82) is 0 Å². The number of unbranched alkanes of at least 4 members (excludes halogenated alkanes) is 1. The molecule has 3 amide bonds. The van der Waals surface area contributed by atoms with E-state index in [1.165, 1.54) is 17.0 Å². The molecule has 0 spiro atoms. The first-order valence-electron chi connectivity index (χ1n) is 15.5. The Morgan fingerprint density at radius 1 is 1.15 bits per heavy atom. The standard InChI is InChI=1S/C29H44Cl2N6O9S/c1-3-15(2)24(36-27(41)23(38)12-16-10-19(30)25(39)20(31)11-16)28(42)37-21-14-18(46-47(43,44)45)7-6-17(21)13-22(37)26(40)34-8-4-5-9-35-29(32)33/h10-11,15,17-18,21-24,38-39H,3-9,12-14H2,1-2H3,(H,34,40)(H,36,41)(H4,32,33,35)(H,43,44,45)/t15-,17-,18+,21-,22-,23+,24+/m0/s1. The number of nitrogens with zero attached hydrogens (tertiary/aromatic N) is 2. The number of carbonyl (C=O) groups excluding carboxylic acids is 3. The molecule has 264 valence electrons. The van der Waals surface area contributed by atoms with Crippen molar-refractivity contribution in [3.05, 3.63) is 27.7 Å². The number of amides is 3. The maximum absolute atomic E-state index is 14.4. The fourth-order valence-corrected chi connectivity index (χ4v) is 7.20. The summed E-state index contributed by atoms with van der Waals surface area (Å²) in [4.78, 5) is 46.5. The number of phenolic OH excluding ortho intramolecular Hbond substituents is 1. The van der Waals surface area contributed by atoms with Crippen LogP contribution >= 0.6 is 23.2 Å². The number of guanidine groups is 1. The van der Waals surface area contributed by atoms with Crippen molar-refractivity contribution in [3.8, 4) is 5.75 Å². The van der Waals surface area contributed by atoms with Crippen LogP contribution in [0.3, 0.4) is 0 Å². The molecule has 0 radical (unpaired) electrons. The molecule has 0 bridgehead atoms. The van der Waals surface area contributed by atoms with Crippen LogP contribution in [0, 0.1) is 11.8 Å². The number of halogens is 2. The lowest BCUT2D eigenvalue weighted by molar-refractivity contribution is -0.146. The van der Waals surface area contributed by atoms with E-state index < -0.39 is 64.4 Å². The minimum absolute atomic E-state index is 0.0300. The zero-order valence-corrected chi connectivity index (χ0v) is 28.6. The van der Waals surface area contributed by atoms with Gasteiger partial charge in [-0.25, -0.2) is 4.18 Å². The van der Waals surface area contributed by atoms with E-state index in [2.05, 4.69) is 15.6 Å². The van der Waals surface area contributed by atoms with Crippen LogP contribution in [-0.4, -0.2) is 95.2 Å². The second-order valence-electron chi connectivity index (χ2n) is 12.1. The third-order valence-corrected chi connectivity index (χ3v) is 9.80. The van der Waals surface area contributed by atoms with Crippen LogP contribution in [0.15, 0.2) is 17.1 Å². The van der Waals surface area contributed by atoms with Crippen LogP contribution in [-0.2, 0) is 35.4 Å². The van der Waals surface area contributed by atoms with Gasteiger partial charge >= 0.3 is 10.4 Å². The Morgan fingerprint density at radius 2 is 1.81 bits per heavy atom. The van der Waals surface area contributed by atoms with Gasteiger partial charge in [-0.2, -0.15) is 8.42 Å². The normalized spacial score (nSPS) is 22.9. The number of carbonyl (C=O) groups is 3. The van der Waals surface area contributed by atoms with Gasteiger partial charge in [0.25, 0.3) is 0 Å². The number of rotatable bonds is 15. The Kier molecular flexibility index (Phi) is 13.9. The van der Waals surface area contributed by atoms with Crippen LogP contribution < -0.4 is 22.1 Å². The molecule has 1 aromatic carbocycles. The molecule has 9 N–H and O–H groups in total. The molecule has 1 aliphatic heterocycles. The van der Waals surface area contributed by atoms with Gasteiger partial charge in [0, 0.05) is 25.6 Å². The molecule has 1 saturated carbocycles. The van der Waals surface area contributed by atoms with E-state index in [9.17, 15) is 37.6 Å². The summed E-state index contributed by atoms with van der Waals surface area (Å²) in [6.07, 6.45) is -0.0214. The first-order chi connectivity index (χ1) is 22.0. The molecule has 1 aromatic rings. The van der Waals surface area contributed by atoms with E-state index in [0.717, 1.165) is 0 Å². The summed E-state index contributed by atoms with van der Waals surface area (Å²) in [7, 11) is -4.76. The highest BCUT2D eigenvalue weighted by Crippen LogP contribution is 2.42. The number of hydrogen-bond acceptors (Lipinski definition) is 9. The summed E-state index contributed by atoms with van der Waals surface area (Å²) in [5.74, 6) is -2.78. The molecule has 18 heteroatoms. The fourth-order valence-electron chi connectivity index (χ4n) is 6.15. The summed E-state index contributed by atoms with van der Waals surface area (Å²) in [6, 6.07) is 0.0357. The summed E-state index contributed by atoms with van der Waals surface area (Å²) >= 11 is 12.0. The molecular weight excluding hydrogens is 679 g/mol. The van der Waals surface area contributed by atoms with E-state index in [-0.39, 0.29) is 40.5 Å². The molecule has 3 rings (SSSR count). The Bertz CT molecular complexity index is 1410. The van der Waals surface area contributed by atoms with Crippen LogP contribution in [0.2, 0.25) is 10.0 Å². The number of fused-ring (bicyclic) bond motifs is 1. The third-order valence-electron chi connectivity index (χ3n) is 8.71. The lowest BCUT2D eigenvalue weighted by Gasteiger charge is -2.39. The molecule has 1 aliphatic carbocycles. The Balaban J connectivity index is 1.83. The maximum Gasteiger partial charge on any atom is 0.397 e. The predicted octanol–water partition coefficient (Wildman–Crippen LogP) is 1.26. The molecular formula is C29H44Cl2N6O9S. The number of nitrogens with two attached hydrogens (primary N) is 2. The van der Waals surface area contributed by atoms with Crippen molar-refractivity contribution in [2.24, 2.45) is 28.3 Å². The highest BCUT2D eigenvalue weighted by Gasteiger charge is 2.51. The minimum atomic E-state index is -4.76. The third kappa shape index (κ3) is 10.8. The highest BCUT2D eigenvalue weighted by atomic mass is 35.5. The van der Waals surface area contributed by atoms with E-state index in [0.29, 0.717) is 57.2 Å². The van der Waals surface area contributed by atoms with Crippen LogP contribution in [0.5, 0.6) is 5.75 Å². The van der Waals surface area contributed by atoms with Gasteiger partial charge < -0.3 is 37.2 Å². The van der Waals surface area contributed by atoms with E-state index >= 15 is 0 Å². The summed E-state index contributed by atoms with van der Waals surface area (Å²) in [5, 5.41) is 26.0. The SMILES string of the molecule is CC[C@H](C)[C@@H](NC(=O)[C@H](O)Cc1cc(Cl)c(O)c(Cl)c1)C(=O)N1[C@H](C(=O)NCCCCN=C(N)N)C[C@@H]2CC[C@@H](OS(=O)(=O)O)C[C@@H]21. The van der Waals surface area contributed by atoms with Gasteiger partial charge in [0.1, 0.15) is 18.2 Å². The second-order valence-corrected chi connectivity index (χ2v) is 14.0. The largest absolute Gasteiger partial charge is 0.505 e. The lowest BCUT2D eigenvalue weighted by Crippen LogP contribution is -2.59. The fraction of sp³-hybridized carbons (Fsp3) is 0.655. The first-order valence-corrected chi connectivity index (χ1v) is 17.6. The highest BCUT2D eigenvalue weighted by molar-refractivity contribution is 7.80. The van der Waals surface area contributed by atoms with Gasteiger partial charge in [-0.1, -0.05) is 43.5 Å². The Morgan fingerprint density at radius 3 is 2.40 bits per heavy atom. The maximum atomic E-state index is 14.4. The predicted molar refractivity (Wildman–Crippen MR) is 175 cm³/mol. The lowest BCUT2D eigenvalue weighted by atomic mass is 9.83. The average Bonchev–Trinajstić information content (AvgIpc) is 3.37. The molecule has 1 heterocycles. The van der Waals surface area contributed by atoms with Crippen molar-refractivity contribution in [1.82, 2.24) is 15.5 Å². The molecule has 15 nitrogen and oxygen atoms in total. The minimum Gasteiger partial charge on any atom is -0.505 e. The van der Waals surface area contributed by atoms with Gasteiger partial charge in [0.15, 0.2) is 11.7 Å². The number of hydrogen-bond donors (Lipinski definition) is 7. The smallest absolute Gasteiger partial charge is 0.397 e.